The molecule has 1 nitrogen and oxygen atoms in total. The molecule has 0 saturated heterocycles. The largest absolute Gasteiger partial charge is 2.00 e. The molecule has 51 valence electrons. The summed E-state index contributed by atoms with van der Waals surface area (Å²) < 4.78 is 0. The number of rotatable bonds is 0. The summed E-state index contributed by atoms with van der Waals surface area (Å²) in [6, 6.07) is 0. The molecule has 0 aromatic carbocycles. The van der Waals surface area contributed by atoms with Gasteiger partial charge in [0, 0.05) is 0 Å². The summed E-state index contributed by atoms with van der Waals surface area (Å²) in [6.07, 6.45) is 0. The van der Waals surface area contributed by atoms with Gasteiger partial charge in [-0.2, -0.15) is 0 Å². The smallest absolute Gasteiger partial charge is 1.00 e. The van der Waals surface area contributed by atoms with Crippen molar-refractivity contribution in [1.29, 1.82) is 0 Å². The van der Waals surface area contributed by atoms with Gasteiger partial charge in [0.2, 0.25) is 0 Å². The SMILES string of the molecule is CN(C)C.[Cl-].[Cl-].[Cu+2]. The Labute approximate surface area is 68.1 Å². The van der Waals surface area contributed by atoms with Crippen molar-refractivity contribution >= 4 is 0 Å². The molecule has 0 fully saturated rings. The van der Waals surface area contributed by atoms with Gasteiger partial charge in [-0.1, -0.05) is 0 Å². The van der Waals surface area contributed by atoms with Crippen LogP contribution in [0.25, 0.3) is 0 Å². The molecular weight excluding hydrogens is 184 g/mol. The number of hydrogen-bond acceptors (Lipinski definition) is 1. The first-order chi connectivity index (χ1) is 1.73. The third-order valence-electron chi connectivity index (χ3n) is 0. The van der Waals surface area contributed by atoms with Crippen molar-refractivity contribution in [3.63, 3.8) is 0 Å². The second kappa shape index (κ2) is 15.7. The first-order valence-electron chi connectivity index (χ1n) is 1.34. The van der Waals surface area contributed by atoms with Crippen LogP contribution >= 0.6 is 0 Å². The maximum absolute atomic E-state index is 2.00. The minimum atomic E-state index is 0. The molecule has 0 amide bonds. The molecule has 0 heterocycles. The van der Waals surface area contributed by atoms with Crippen LogP contribution < -0.4 is 24.8 Å². The molecule has 0 N–H and O–H groups in total. The molecule has 7 heavy (non-hydrogen) atoms. The zero-order chi connectivity index (χ0) is 3.58. The van der Waals surface area contributed by atoms with Crippen molar-refractivity contribution in [2.45, 2.75) is 0 Å². The van der Waals surface area contributed by atoms with E-state index in [9.17, 15) is 0 Å². The van der Waals surface area contributed by atoms with Crippen molar-refractivity contribution in [1.82, 2.24) is 4.90 Å². The Hall–Kier alpha value is 1.06. The summed E-state index contributed by atoms with van der Waals surface area (Å²) in [6.45, 7) is 0. The fourth-order valence-electron chi connectivity index (χ4n) is 0. The van der Waals surface area contributed by atoms with Gasteiger partial charge in [0.15, 0.2) is 0 Å². The molecule has 1 radical (unpaired) electrons. The number of hydrogen-bond donors (Lipinski definition) is 0. The monoisotopic (exact) mass is 192 g/mol. The topological polar surface area (TPSA) is 3.24 Å². The van der Waals surface area contributed by atoms with E-state index < -0.39 is 0 Å². The molecule has 0 aliphatic heterocycles. The predicted octanol–water partition coefficient (Wildman–Crippen LogP) is -5.82. The van der Waals surface area contributed by atoms with E-state index in [-0.39, 0.29) is 41.9 Å². The van der Waals surface area contributed by atoms with Crippen LogP contribution in [0.1, 0.15) is 0 Å². The van der Waals surface area contributed by atoms with E-state index in [2.05, 4.69) is 0 Å². The van der Waals surface area contributed by atoms with Gasteiger partial charge in [0.25, 0.3) is 0 Å². The molecule has 0 saturated carbocycles. The van der Waals surface area contributed by atoms with Crippen molar-refractivity contribution in [3.8, 4) is 0 Å². The molecule has 0 aliphatic rings. The Morgan fingerprint density at radius 3 is 0.857 bits per heavy atom. The Kier molecular flexibility index (Phi) is 54.8. The van der Waals surface area contributed by atoms with Gasteiger partial charge >= 0.3 is 17.1 Å². The summed E-state index contributed by atoms with van der Waals surface area (Å²) in [5.41, 5.74) is 0. The Balaban J connectivity index is -0.0000000150. The predicted molar refractivity (Wildman–Crippen MR) is 19.6 cm³/mol. The van der Waals surface area contributed by atoms with E-state index in [0.29, 0.717) is 0 Å². The van der Waals surface area contributed by atoms with Gasteiger partial charge < -0.3 is 29.7 Å². The molecular formula is C3H9Cl2CuN. The fraction of sp³-hybridized carbons (Fsp3) is 1.00. The maximum Gasteiger partial charge on any atom is 2.00 e. The van der Waals surface area contributed by atoms with Gasteiger partial charge in [-0.05, 0) is 21.1 Å². The van der Waals surface area contributed by atoms with Crippen LogP contribution in [0.15, 0.2) is 0 Å². The summed E-state index contributed by atoms with van der Waals surface area (Å²) in [5, 5.41) is 0. The van der Waals surface area contributed by atoms with E-state index in [4.69, 9.17) is 0 Å². The zero-order valence-electron chi connectivity index (χ0n) is 4.50. The van der Waals surface area contributed by atoms with Crippen LogP contribution in [0.4, 0.5) is 0 Å². The van der Waals surface area contributed by atoms with Crippen molar-refractivity contribution in [3.05, 3.63) is 0 Å². The summed E-state index contributed by atoms with van der Waals surface area (Å²) >= 11 is 0. The summed E-state index contributed by atoms with van der Waals surface area (Å²) in [4.78, 5) is 2.00. The van der Waals surface area contributed by atoms with Crippen LogP contribution in [-0.2, 0) is 17.1 Å². The van der Waals surface area contributed by atoms with Gasteiger partial charge in [-0.25, -0.2) is 0 Å². The Morgan fingerprint density at radius 1 is 0.857 bits per heavy atom. The van der Waals surface area contributed by atoms with Crippen LogP contribution in [-0.4, -0.2) is 26.0 Å². The molecule has 4 heteroatoms. The average molecular weight is 194 g/mol. The maximum atomic E-state index is 2.00. The second-order valence-electron chi connectivity index (χ2n) is 1.34. The number of nitrogens with zero attached hydrogens (tertiary/aromatic N) is 1. The van der Waals surface area contributed by atoms with Gasteiger partial charge in [0.05, 0.1) is 0 Å². The van der Waals surface area contributed by atoms with Gasteiger partial charge in [0.1, 0.15) is 0 Å². The molecule has 0 rings (SSSR count). The minimum absolute atomic E-state index is 0. The van der Waals surface area contributed by atoms with E-state index in [1.165, 1.54) is 0 Å². The zero-order valence-corrected chi connectivity index (χ0v) is 6.96. The number of halogens is 2. The molecule has 0 aliphatic carbocycles. The quantitative estimate of drug-likeness (QED) is 0.347. The third kappa shape index (κ3) is 161. The first kappa shape index (κ1) is 24.4. The van der Waals surface area contributed by atoms with Crippen molar-refractivity contribution in [2.75, 3.05) is 21.1 Å². The Morgan fingerprint density at radius 2 is 0.857 bits per heavy atom. The standard InChI is InChI=1S/C3H9N.2ClH.Cu/c1-4(2)3;;;/h1-3H3;2*1H;/q;;;+2/p-2. The van der Waals surface area contributed by atoms with Crippen molar-refractivity contribution < 1.29 is 41.9 Å². The van der Waals surface area contributed by atoms with E-state index in [0.717, 1.165) is 0 Å². The second-order valence-corrected chi connectivity index (χ2v) is 1.34. The normalized spacial score (nSPS) is 5.14. The summed E-state index contributed by atoms with van der Waals surface area (Å²) in [7, 11) is 6.00. The minimum Gasteiger partial charge on any atom is -1.00 e. The first-order valence-corrected chi connectivity index (χ1v) is 1.34. The van der Waals surface area contributed by atoms with E-state index in [1.807, 2.05) is 26.0 Å². The summed E-state index contributed by atoms with van der Waals surface area (Å²) in [5.74, 6) is 0. The van der Waals surface area contributed by atoms with Crippen LogP contribution in [0.2, 0.25) is 0 Å². The fourth-order valence-corrected chi connectivity index (χ4v) is 0. The molecule has 0 unspecified atom stereocenters. The van der Waals surface area contributed by atoms with Crippen LogP contribution in [0.5, 0.6) is 0 Å². The third-order valence-corrected chi connectivity index (χ3v) is 0. The van der Waals surface area contributed by atoms with Gasteiger partial charge in [-0.3, -0.25) is 0 Å². The van der Waals surface area contributed by atoms with E-state index in [1.54, 1.807) is 0 Å². The van der Waals surface area contributed by atoms with Crippen LogP contribution in [0, 0.1) is 0 Å². The molecule has 0 atom stereocenters. The molecule has 0 bridgehead atoms. The van der Waals surface area contributed by atoms with E-state index >= 15 is 0 Å². The van der Waals surface area contributed by atoms with Crippen LogP contribution in [0.3, 0.4) is 0 Å². The average Bonchev–Trinajstić information content (AvgIpc) is 0.811. The Bertz CT molecular complexity index is 17.7. The van der Waals surface area contributed by atoms with Crippen molar-refractivity contribution in [2.24, 2.45) is 0 Å². The molecule has 0 aromatic rings. The molecule has 0 spiro atoms. The van der Waals surface area contributed by atoms with Gasteiger partial charge in [-0.15, -0.1) is 0 Å². The molecule has 0 aromatic heterocycles.